The molecule has 0 saturated carbocycles. The maximum absolute atomic E-state index is 12.6. The van der Waals surface area contributed by atoms with Gasteiger partial charge in [-0.3, -0.25) is 0 Å². The Balaban J connectivity index is 2.50. The minimum atomic E-state index is -0.618. The van der Waals surface area contributed by atoms with Crippen LogP contribution >= 0.6 is 11.6 Å². The Labute approximate surface area is 154 Å². The van der Waals surface area contributed by atoms with Crippen LogP contribution in [0.4, 0.5) is 5.82 Å². The monoisotopic (exact) mass is 369 g/mol. The number of ether oxygens (including phenoxy) is 1. The van der Waals surface area contributed by atoms with Crippen molar-refractivity contribution >= 4 is 28.5 Å². The molecule has 2 N–H and O–H groups in total. The van der Waals surface area contributed by atoms with Gasteiger partial charge in [-0.2, -0.15) is 10.2 Å². The highest BCUT2D eigenvalue weighted by atomic mass is 35.5. The molecule has 0 atom stereocenters. The molecule has 26 heavy (non-hydrogen) atoms. The molecule has 0 bridgehead atoms. The molecule has 1 aromatic carbocycles. The first-order valence-corrected chi connectivity index (χ1v) is 8.23. The number of fused-ring (bicyclic) bond motifs is 1. The van der Waals surface area contributed by atoms with Crippen molar-refractivity contribution in [2.75, 3.05) is 12.8 Å². The third-order valence-electron chi connectivity index (χ3n) is 3.98. The summed E-state index contributed by atoms with van der Waals surface area (Å²) in [5.41, 5.74) is 6.89. The topological polar surface area (TPSA) is 107 Å². The van der Waals surface area contributed by atoms with Crippen molar-refractivity contribution in [3.05, 3.63) is 51.0 Å². The lowest BCUT2D eigenvalue weighted by atomic mass is 10.1. The molecule has 0 aliphatic rings. The molecule has 0 unspecified atom stereocenters. The molecule has 2 aromatic heterocycles. The third kappa shape index (κ3) is 2.74. The fourth-order valence-electron chi connectivity index (χ4n) is 2.78. The molecular formula is C18H16ClN5O2. The number of pyridine rings is 1. The molecule has 2 heterocycles. The first-order chi connectivity index (χ1) is 12.4. The highest BCUT2D eigenvalue weighted by Gasteiger charge is 2.19. The Morgan fingerprint density at radius 1 is 1.35 bits per heavy atom. The zero-order valence-electron chi connectivity index (χ0n) is 14.4. The standard InChI is InChI=1S/C18H16ClN5O2/c1-9(2)14-12(19)7-11-16(21)23-18(25)24(17(11)22-14)13-6-4-5-10(8-20)15(13)26-3/h4-7,9H,1-3H3,(H2,21,23,25). The molecular weight excluding hydrogens is 354 g/mol. The zero-order valence-corrected chi connectivity index (χ0v) is 15.2. The van der Waals surface area contributed by atoms with Crippen molar-refractivity contribution in [2.45, 2.75) is 19.8 Å². The van der Waals surface area contributed by atoms with E-state index >= 15 is 0 Å². The van der Waals surface area contributed by atoms with E-state index in [1.54, 1.807) is 24.3 Å². The van der Waals surface area contributed by atoms with Crippen molar-refractivity contribution in [1.29, 1.82) is 5.26 Å². The van der Waals surface area contributed by atoms with Crippen LogP contribution in [-0.4, -0.2) is 21.6 Å². The molecule has 0 aliphatic heterocycles. The Morgan fingerprint density at radius 2 is 2.08 bits per heavy atom. The van der Waals surface area contributed by atoms with Gasteiger partial charge in [0.05, 0.1) is 34.5 Å². The summed E-state index contributed by atoms with van der Waals surface area (Å²) in [6.45, 7) is 3.90. The van der Waals surface area contributed by atoms with Crippen LogP contribution in [0.25, 0.3) is 16.7 Å². The number of nitrogen functional groups attached to an aromatic ring is 1. The Morgan fingerprint density at radius 3 is 2.69 bits per heavy atom. The average Bonchev–Trinajstić information content (AvgIpc) is 2.61. The smallest absolute Gasteiger partial charge is 0.355 e. The normalized spacial score (nSPS) is 10.9. The van der Waals surface area contributed by atoms with Gasteiger partial charge in [-0.25, -0.2) is 14.3 Å². The molecule has 3 aromatic rings. The quantitative estimate of drug-likeness (QED) is 0.760. The summed E-state index contributed by atoms with van der Waals surface area (Å²) in [7, 11) is 1.43. The van der Waals surface area contributed by atoms with E-state index in [4.69, 9.17) is 22.1 Å². The maximum Gasteiger partial charge on any atom is 0.355 e. The molecule has 132 valence electrons. The summed E-state index contributed by atoms with van der Waals surface area (Å²) in [5.74, 6) is 0.339. The molecule has 0 amide bonds. The highest BCUT2D eigenvalue weighted by Crippen LogP contribution is 2.31. The van der Waals surface area contributed by atoms with Crippen LogP contribution in [0.5, 0.6) is 5.75 Å². The van der Waals surface area contributed by atoms with Crippen LogP contribution in [0.15, 0.2) is 29.1 Å². The second kappa shape index (κ2) is 6.65. The van der Waals surface area contributed by atoms with Crippen LogP contribution < -0.4 is 16.2 Å². The first kappa shape index (κ1) is 17.7. The van der Waals surface area contributed by atoms with Crippen molar-refractivity contribution in [1.82, 2.24) is 14.5 Å². The van der Waals surface area contributed by atoms with Gasteiger partial charge in [0.15, 0.2) is 11.4 Å². The van der Waals surface area contributed by atoms with Gasteiger partial charge in [0.25, 0.3) is 0 Å². The second-order valence-electron chi connectivity index (χ2n) is 5.97. The third-order valence-corrected chi connectivity index (χ3v) is 4.29. The van der Waals surface area contributed by atoms with Crippen molar-refractivity contribution < 1.29 is 4.74 Å². The lowest BCUT2D eigenvalue weighted by molar-refractivity contribution is 0.411. The molecule has 0 spiro atoms. The number of nitrogens with two attached hydrogens (primary N) is 1. The fraction of sp³-hybridized carbons (Fsp3) is 0.222. The second-order valence-corrected chi connectivity index (χ2v) is 6.37. The molecule has 0 radical (unpaired) electrons. The number of rotatable bonds is 3. The summed E-state index contributed by atoms with van der Waals surface area (Å²) < 4.78 is 6.65. The summed E-state index contributed by atoms with van der Waals surface area (Å²) >= 11 is 6.31. The van der Waals surface area contributed by atoms with Crippen molar-refractivity contribution in [3.63, 3.8) is 0 Å². The van der Waals surface area contributed by atoms with Crippen LogP contribution in [0.2, 0.25) is 5.02 Å². The van der Waals surface area contributed by atoms with Gasteiger partial charge in [-0.05, 0) is 24.1 Å². The van der Waals surface area contributed by atoms with E-state index in [2.05, 4.69) is 9.97 Å². The zero-order chi connectivity index (χ0) is 19.0. The Bertz CT molecular complexity index is 1120. The highest BCUT2D eigenvalue weighted by molar-refractivity contribution is 6.32. The number of para-hydroxylation sites is 1. The number of nitriles is 1. The van der Waals surface area contributed by atoms with Crippen molar-refractivity contribution in [2.24, 2.45) is 0 Å². The van der Waals surface area contributed by atoms with Gasteiger partial charge < -0.3 is 10.5 Å². The Kier molecular flexibility index (Phi) is 4.53. The van der Waals surface area contributed by atoms with E-state index in [0.29, 0.717) is 33.0 Å². The number of hydrogen-bond donors (Lipinski definition) is 1. The van der Waals surface area contributed by atoms with Gasteiger partial charge >= 0.3 is 5.69 Å². The lowest BCUT2D eigenvalue weighted by Gasteiger charge is -2.16. The summed E-state index contributed by atoms with van der Waals surface area (Å²) in [6.07, 6.45) is 0. The lowest BCUT2D eigenvalue weighted by Crippen LogP contribution is -2.25. The predicted molar refractivity (Wildman–Crippen MR) is 99.9 cm³/mol. The molecule has 0 aliphatic carbocycles. The average molecular weight is 370 g/mol. The Hall–Kier alpha value is -3.11. The van der Waals surface area contributed by atoms with E-state index in [1.165, 1.54) is 11.7 Å². The predicted octanol–water partition coefficient (Wildman–Crippen LogP) is 3.02. The summed E-state index contributed by atoms with van der Waals surface area (Å²) in [4.78, 5) is 21.1. The minimum absolute atomic E-state index is 0.0391. The number of benzene rings is 1. The molecule has 8 heteroatoms. The molecule has 3 rings (SSSR count). The molecule has 7 nitrogen and oxygen atoms in total. The number of aromatic nitrogens is 3. The minimum Gasteiger partial charge on any atom is -0.493 e. The van der Waals surface area contributed by atoms with Crippen LogP contribution in [0.3, 0.4) is 0 Å². The van der Waals surface area contributed by atoms with Gasteiger partial charge in [0.1, 0.15) is 11.9 Å². The van der Waals surface area contributed by atoms with E-state index in [0.717, 1.165) is 0 Å². The van der Waals surface area contributed by atoms with Gasteiger partial charge in [0, 0.05) is 0 Å². The largest absolute Gasteiger partial charge is 0.493 e. The number of nitrogens with zero attached hydrogens (tertiary/aromatic N) is 4. The summed E-state index contributed by atoms with van der Waals surface area (Å²) in [6, 6.07) is 8.61. The number of methoxy groups -OCH3 is 1. The first-order valence-electron chi connectivity index (χ1n) is 7.85. The van der Waals surface area contributed by atoms with E-state index < -0.39 is 5.69 Å². The fourth-order valence-corrected chi connectivity index (χ4v) is 3.15. The number of anilines is 1. The molecule has 0 fully saturated rings. The van der Waals surface area contributed by atoms with Crippen molar-refractivity contribution in [3.8, 4) is 17.5 Å². The van der Waals surface area contributed by atoms with Gasteiger partial charge in [0.2, 0.25) is 0 Å². The maximum atomic E-state index is 12.6. The van der Waals surface area contributed by atoms with Gasteiger partial charge in [-0.1, -0.05) is 31.5 Å². The van der Waals surface area contributed by atoms with Crippen LogP contribution in [0, 0.1) is 11.3 Å². The molecule has 0 saturated heterocycles. The number of halogens is 1. The van der Waals surface area contributed by atoms with Crippen LogP contribution in [-0.2, 0) is 0 Å². The van der Waals surface area contributed by atoms with Gasteiger partial charge in [-0.15, -0.1) is 0 Å². The van der Waals surface area contributed by atoms with E-state index in [-0.39, 0.29) is 17.5 Å². The summed E-state index contributed by atoms with van der Waals surface area (Å²) in [5, 5.41) is 10.2. The van der Waals surface area contributed by atoms with Crippen LogP contribution in [0.1, 0.15) is 31.0 Å². The van der Waals surface area contributed by atoms with E-state index in [9.17, 15) is 10.1 Å². The van der Waals surface area contributed by atoms with E-state index in [1.807, 2.05) is 19.9 Å². The SMILES string of the molecule is COc1c(C#N)cccc1-n1c(=O)nc(N)c2cc(Cl)c(C(C)C)nc21. The number of hydrogen-bond acceptors (Lipinski definition) is 6.